The number of rotatable bonds is 3. The summed E-state index contributed by atoms with van der Waals surface area (Å²) in [4.78, 5) is 12.6. The van der Waals surface area contributed by atoms with Crippen molar-refractivity contribution < 1.29 is 19.4 Å². The van der Waals surface area contributed by atoms with Crippen LogP contribution in [0.4, 0.5) is 0 Å². The van der Waals surface area contributed by atoms with E-state index in [0.29, 0.717) is 10.6 Å². The average Bonchev–Trinajstić information content (AvgIpc) is 2.64. The lowest BCUT2D eigenvalue weighted by molar-refractivity contribution is -0.220. The number of carbonyl (C=O) groups excluding carboxylic acids is 1. The van der Waals surface area contributed by atoms with E-state index in [1.54, 1.807) is 24.3 Å². The van der Waals surface area contributed by atoms with Crippen LogP contribution in [0.2, 0.25) is 5.02 Å². The van der Waals surface area contributed by atoms with E-state index in [2.05, 4.69) is 0 Å². The van der Waals surface area contributed by atoms with Gasteiger partial charge in [-0.2, -0.15) is 0 Å². The second kappa shape index (κ2) is 6.64. The van der Waals surface area contributed by atoms with Crippen LogP contribution in [0, 0.1) is 5.92 Å². The maximum absolute atomic E-state index is 12.6. The Balaban J connectivity index is 1.63. The molecule has 128 valence electrons. The molecule has 5 unspecified atom stereocenters. The number of carbonyl (C=O) groups is 1. The third kappa shape index (κ3) is 3.09. The fourth-order valence-corrected chi connectivity index (χ4v) is 3.67. The zero-order valence-corrected chi connectivity index (χ0v) is 14.0. The van der Waals surface area contributed by atoms with Crippen LogP contribution in [-0.4, -0.2) is 29.6 Å². The van der Waals surface area contributed by atoms with Gasteiger partial charge in [0.15, 0.2) is 6.29 Å². The SMILES string of the molecule is O=C(OC1C2C=CC(C(O)O2)C1c1ccccc1)c1ccc(Cl)cc1. The van der Waals surface area contributed by atoms with Gasteiger partial charge in [0.2, 0.25) is 0 Å². The number of esters is 1. The molecule has 1 N–H and O–H groups in total. The van der Waals surface area contributed by atoms with Crippen molar-refractivity contribution in [2.75, 3.05) is 0 Å². The molecule has 5 heteroatoms. The minimum Gasteiger partial charge on any atom is -0.455 e. The highest BCUT2D eigenvalue weighted by atomic mass is 35.5. The number of halogens is 1. The van der Waals surface area contributed by atoms with Crippen molar-refractivity contribution in [2.24, 2.45) is 5.92 Å². The zero-order valence-electron chi connectivity index (χ0n) is 13.3. The quantitative estimate of drug-likeness (QED) is 0.675. The largest absolute Gasteiger partial charge is 0.455 e. The average molecular weight is 357 g/mol. The van der Waals surface area contributed by atoms with Gasteiger partial charge in [-0.15, -0.1) is 0 Å². The summed E-state index contributed by atoms with van der Waals surface area (Å²) < 4.78 is 11.4. The van der Waals surface area contributed by atoms with Crippen LogP contribution in [0.3, 0.4) is 0 Å². The molecule has 5 rings (SSSR count). The number of ether oxygens (including phenoxy) is 2. The van der Waals surface area contributed by atoms with Crippen LogP contribution in [0.25, 0.3) is 0 Å². The molecule has 0 aromatic heterocycles. The molecule has 4 nitrogen and oxygen atoms in total. The monoisotopic (exact) mass is 356 g/mol. The van der Waals surface area contributed by atoms with Crippen molar-refractivity contribution in [3.8, 4) is 0 Å². The highest BCUT2D eigenvalue weighted by molar-refractivity contribution is 6.30. The van der Waals surface area contributed by atoms with Gasteiger partial charge < -0.3 is 14.6 Å². The summed E-state index contributed by atoms with van der Waals surface area (Å²) in [5, 5.41) is 10.8. The molecule has 2 aromatic carbocycles. The highest BCUT2D eigenvalue weighted by Crippen LogP contribution is 2.44. The second-order valence-electron chi connectivity index (χ2n) is 6.27. The molecule has 1 fully saturated rings. The summed E-state index contributed by atoms with van der Waals surface area (Å²) >= 11 is 5.87. The van der Waals surface area contributed by atoms with E-state index < -0.39 is 24.5 Å². The molecular weight excluding hydrogens is 340 g/mol. The first-order valence-corrected chi connectivity index (χ1v) is 8.54. The van der Waals surface area contributed by atoms with Crippen LogP contribution in [0.5, 0.6) is 0 Å². The van der Waals surface area contributed by atoms with Crippen molar-refractivity contribution in [3.05, 3.63) is 82.9 Å². The van der Waals surface area contributed by atoms with Crippen molar-refractivity contribution in [2.45, 2.75) is 24.4 Å². The van der Waals surface area contributed by atoms with Crippen molar-refractivity contribution in [3.63, 3.8) is 0 Å². The highest BCUT2D eigenvalue weighted by Gasteiger charge is 2.49. The van der Waals surface area contributed by atoms with Crippen LogP contribution < -0.4 is 0 Å². The number of hydrogen-bond donors (Lipinski definition) is 1. The predicted octanol–water partition coefficient (Wildman–Crippen LogP) is 3.55. The van der Waals surface area contributed by atoms with Gasteiger partial charge in [-0.1, -0.05) is 54.1 Å². The van der Waals surface area contributed by atoms with Gasteiger partial charge in [0, 0.05) is 16.9 Å². The maximum atomic E-state index is 12.6. The standard InChI is InChI=1S/C20H17ClO4/c21-14-8-6-13(7-9-14)19(22)25-18-16-11-10-15(20(23)24-16)17(18)12-4-2-1-3-5-12/h1-11,15-18,20,23H. The van der Waals surface area contributed by atoms with Gasteiger partial charge in [-0.3, -0.25) is 0 Å². The van der Waals surface area contributed by atoms with Crippen LogP contribution >= 0.6 is 11.6 Å². The number of aliphatic hydroxyl groups excluding tert-OH is 1. The van der Waals surface area contributed by atoms with Gasteiger partial charge in [0.05, 0.1) is 5.56 Å². The third-order valence-corrected chi connectivity index (χ3v) is 5.00. The smallest absolute Gasteiger partial charge is 0.338 e. The fourth-order valence-electron chi connectivity index (χ4n) is 3.54. The van der Waals surface area contributed by atoms with Crippen LogP contribution in [0.1, 0.15) is 21.8 Å². The molecule has 1 saturated heterocycles. The lowest BCUT2D eigenvalue weighted by Crippen LogP contribution is -2.53. The summed E-state index contributed by atoms with van der Waals surface area (Å²) in [6, 6.07) is 16.3. The first-order chi connectivity index (χ1) is 12.1. The van der Waals surface area contributed by atoms with Gasteiger partial charge in [-0.05, 0) is 29.8 Å². The van der Waals surface area contributed by atoms with E-state index in [4.69, 9.17) is 21.1 Å². The summed E-state index contributed by atoms with van der Waals surface area (Å²) in [5.41, 5.74) is 1.44. The Kier molecular flexibility index (Phi) is 4.34. The van der Waals surface area contributed by atoms with E-state index >= 15 is 0 Å². The first-order valence-electron chi connectivity index (χ1n) is 8.17. The van der Waals surface area contributed by atoms with E-state index in [0.717, 1.165) is 5.56 Å². The topological polar surface area (TPSA) is 55.8 Å². The minimum absolute atomic E-state index is 0.156. The van der Waals surface area contributed by atoms with E-state index in [9.17, 15) is 9.90 Å². The van der Waals surface area contributed by atoms with Crippen LogP contribution in [-0.2, 0) is 9.47 Å². The fraction of sp³-hybridized carbons (Fsp3) is 0.250. The summed E-state index contributed by atoms with van der Waals surface area (Å²) in [7, 11) is 0. The number of hydrogen-bond acceptors (Lipinski definition) is 4. The molecule has 2 aliphatic heterocycles. The van der Waals surface area contributed by atoms with E-state index in [1.165, 1.54) is 0 Å². The molecule has 2 aromatic rings. The van der Waals surface area contributed by atoms with Crippen molar-refractivity contribution in [1.29, 1.82) is 0 Å². The Labute approximate surface area is 150 Å². The number of benzene rings is 2. The summed E-state index contributed by atoms with van der Waals surface area (Å²) in [5.74, 6) is -0.840. The molecule has 2 heterocycles. The molecule has 0 radical (unpaired) electrons. The molecule has 2 bridgehead atoms. The summed E-state index contributed by atoms with van der Waals surface area (Å²) in [6.07, 6.45) is 1.94. The summed E-state index contributed by atoms with van der Waals surface area (Å²) in [6.45, 7) is 0. The van der Waals surface area contributed by atoms with Gasteiger partial charge in [-0.25, -0.2) is 4.79 Å². The Morgan fingerprint density at radius 3 is 2.44 bits per heavy atom. The van der Waals surface area contributed by atoms with Crippen molar-refractivity contribution in [1.82, 2.24) is 0 Å². The Morgan fingerprint density at radius 2 is 1.76 bits per heavy atom. The lowest BCUT2D eigenvalue weighted by atomic mass is 9.73. The number of aliphatic hydroxyl groups is 1. The van der Waals surface area contributed by atoms with E-state index in [-0.39, 0.29) is 11.8 Å². The second-order valence-corrected chi connectivity index (χ2v) is 6.70. The zero-order chi connectivity index (χ0) is 17.4. The van der Waals surface area contributed by atoms with Gasteiger partial charge in [0.25, 0.3) is 0 Å². The van der Waals surface area contributed by atoms with Crippen molar-refractivity contribution >= 4 is 17.6 Å². The normalized spacial score (nSPS) is 30.2. The molecule has 25 heavy (non-hydrogen) atoms. The molecule has 5 atom stereocenters. The Hall–Kier alpha value is -2.14. The van der Waals surface area contributed by atoms with E-state index in [1.807, 2.05) is 42.5 Å². The predicted molar refractivity (Wildman–Crippen MR) is 93.3 cm³/mol. The molecule has 0 saturated carbocycles. The third-order valence-electron chi connectivity index (χ3n) is 4.75. The molecule has 3 aliphatic rings. The van der Waals surface area contributed by atoms with Gasteiger partial charge >= 0.3 is 5.97 Å². The first kappa shape index (κ1) is 16.3. The molecule has 0 amide bonds. The Bertz CT molecular complexity index is 787. The molecule has 1 aliphatic carbocycles. The number of fused-ring (bicyclic) bond motifs is 2. The minimum atomic E-state index is -0.898. The molecular formula is C20H17ClO4. The van der Waals surface area contributed by atoms with Gasteiger partial charge in [0.1, 0.15) is 12.2 Å². The van der Waals surface area contributed by atoms with Crippen LogP contribution in [0.15, 0.2) is 66.7 Å². The molecule has 0 spiro atoms. The maximum Gasteiger partial charge on any atom is 0.338 e. The lowest BCUT2D eigenvalue weighted by Gasteiger charge is -2.46. The Morgan fingerprint density at radius 1 is 1.04 bits per heavy atom.